The van der Waals surface area contributed by atoms with Crippen LogP contribution in [0.15, 0.2) is 102 Å². The Morgan fingerprint density at radius 2 is 1.49 bits per heavy atom. The number of halogens is 2. The lowest BCUT2D eigenvalue weighted by molar-refractivity contribution is 0.0950. The predicted octanol–water partition coefficient (Wildman–Crippen LogP) is 6.40. The molecule has 0 saturated carbocycles. The van der Waals surface area contributed by atoms with Gasteiger partial charge in [-0.05, 0) is 54.1 Å². The first-order valence-electron chi connectivity index (χ1n) is 10.8. The van der Waals surface area contributed by atoms with Crippen LogP contribution in [0.25, 0.3) is 0 Å². The average molecular weight is 489 g/mol. The summed E-state index contributed by atoms with van der Waals surface area (Å²) in [6.45, 7) is 0.368. The number of amides is 1. The molecule has 5 nitrogen and oxygen atoms in total. The summed E-state index contributed by atoms with van der Waals surface area (Å²) in [5.41, 5.74) is 4.93. The van der Waals surface area contributed by atoms with E-state index < -0.39 is 5.91 Å². The van der Waals surface area contributed by atoms with Crippen molar-refractivity contribution in [3.8, 4) is 11.5 Å². The Labute approximate surface area is 207 Å². The summed E-state index contributed by atoms with van der Waals surface area (Å²) in [6, 6.07) is 27.8. The van der Waals surface area contributed by atoms with Crippen molar-refractivity contribution in [2.45, 2.75) is 13.2 Å². The molecule has 0 atom stereocenters. The number of nitrogens with zero attached hydrogens (tertiary/aromatic N) is 1. The van der Waals surface area contributed by atoms with Crippen molar-refractivity contribution in [3.05, 3.63) is 130 Å². The molecule has 0 aliphatic carbocycles. The summed E-state index contributed by atoms with van der Waals surface area (Å²) in [5.74, 6) is 0.319. The molecule has 0 aromatic heterocycles. The fraction of sp³-hybridized carbons (Fsp3) is 0.0714. The van der Waals surface area contributed by atoms with Crippen molar-refractivity contribution in [2.24, 2.45) is 5.10 Å². The maximum atomic E-state index is 13.7. The van der Waals surface area contributed by atoms with Crippen LogP contribution >= 0.6 is 11.6 Å². The van der Waals surface area contributed by atoms with E-state index in [1.165, 1.54) is 12.3 Å². The highest BCUT2D eigenvalue weighted by Gasteiger charge is 2.12. The minimum absolute atomic E-state index is 0.133. The van der Waals surface area contributed by atoms with Crippen LogP contribution in [0.5, 0.6) is 11.5 Å². The van der Waals surface area contributed by atoms with Crippen LogP contribution in [0.1, 0.15) is 27.0 Å². The molecule has 0 spiro atoms. The van der Waals surface area contributed by atoms with Crippen molar-refractivity contribution in [1.82, 2.24) is 5.43 Å². The molecule has 4 rings (SSSR count). The van der Waals surface area contributed by atoms with Gasteiger partial charge >= 0.3 is 0 Å². The van der Waals surface area contributed by atoms with Crippen LogP contribution in [0.4, 0.5) is 4.39 Å². The standard InChI is InChI=1S/C28H22ClFN2O3/c29-25-10-4-1-7-21(25)18-35-27-12-6-3-9-24(27)28(33)32-31-17-20-13-15-23(16-14-20)34-19-22-8-2-5-11-26(22)30/h1-17H,18-19H2,(H,32,33)/b31-17+. The second-order valence-corrected chi connectivity index (χ2v) is 7.93. The van der Waals surface area contributed by atoms with Gasteiger partial charge in [0.25, 0.3) is 5.91 Å². The van der Waals surface area contributed by atoms with Crippen LogP contribution in [0.2, 0.25) is 5.02 Å². The maximum Gasteiger partial charge on any atom is 0.275 e. The smallest absolute Gasteiger partial charge is 0.275 e. The monoisotopic (exact) mass is 488 g/mol. The zero-order valence-electron chi connectivity index (χ0n) is 18.7. The highest BCUT2D eigenvalue weighted by atomic mass is 35.5. The van der Waals surface area contributed by atoms with Crippen LogP contribution in [0.3, 0.4) is 0 Å². The SMILES string of the molecule is O=C(N/N=C/c1ccc(OCc2ccccc2F)cc1)c1ccccc1OCc1ccccc1Cl. The van der Waals surface area contributed by atoms with Crippen LogP contribution in [-0.2, 0) is 13.2 Å². The Kier molecular flexibility index (Phi) is 8.09. The largest absolute Gasteiger partial charge is 0.489 e. The normalized spacial score (nSPS) is 10.8. The number of carbonyl (C=O) groups excluding carboxylic acids is 1. The number of nitrogens with one attached hydrogen (secondary N) is 1. The Bertz CT molecular complexity index is 1330. The average Bonchev–Trinajstić information content (AvgIpc) is 2.88. The molecule has 0 saturated heterocycles. The van der Waals surface area contributed by atoms with Gasteiger partial charge in [0, 0.05) is 16.1 Å². The molecule has 0 fully saturated rings. The Morgan fingerprint density at radius 1 is 0.829 bits per heavy atom. The van der Waals surface area contributed by atoms with Gasteiger partial charge in [-0.1, -0.05) is 60.1 Å². The molecule has 4 aromatic carbocycles. The molecular weight excluding hydrogens is 467 g/mol. The fourth-order valence-corrected chi connectivity index (χ4v) is 3.39. The zero-order valence-corrected chi connectivity index (χ0v) is 19.4. The Morgan fingerprint density at radius 3 is 2.26 bits per heavy atom. The lowest BCUT2D eigenvalue weighted by atomic mass is 10.2. The summed E-state index contributed by atoms with van der Waals surface area (Å²) in [7, 11) is 0. The molecule has 0 heterocycles. The van der Waals surface area contributed by atoms with Gasteiger partial charge in [-0.15, -0.1) is 0 Å². The molecule has 0 unspecified atom stereocenters. The third-order valence-corrected chi connectivity index (χ3v) is 5.45. The highest BCUT2D eigenvalue weighted by Crippen LogP contribution is 2.22. The van der Waals surface area contributed by atoms with Crippen LogP contribution in [0, 0.1) is 5.82 Å². The quantitative estimate of drug-likeness (QED) is 0.219. The third-order valence-electron chi connectivity index (χ3n) is 5.08. The first kappa shape index (κ1) is 24.0. The lowest BCUT2D eigenvalue weighted by Crippen LogP contribution is -2.18. The molecular formula is C28H22ClFN2O3. The summed E-state index contributed by atoms with van der Waals surface area (Å²) in [4.78, 5) is 12.7. The zero-order chi connectivity index (χ0) is 24.5. The lowest BCUT2D eigenvalue weighted by Gasteiger charge is -2.11. The molecule has 4 aromatic rings. The molecule has 0 radical (unpaired) electrons. The number of hydrogen-bond acceptors (Lipinski definition) is 4. The van der Waals surface area contributed by atoms with Crippen LogP contribution < -0.4 is 14.9 Å². The molecule has 0 aliphatic heterocycles. The number of hydrazone groups is 1. The van der Waals surface area contributed by atoms with Gasteiger partial charge in [0.1, 0.15) is 30.5 Å². The Balaban J connectivity index is 1.32. The van der Waals surface area contributed by atoms with Crippen molar-refractivity contribution >= 4 is 23.7 Å². The third kappa shape index (κ3) is 6.68. The van der Waals surface area contributed by atoms with E-state index in [2.05, 4.69) is 10.5 Å². The highest BCUT2D eigenvalue weighted by molar-refractivity contribution is 6.31. The van der Waals surface area contributed by atoms with E-state index in [1.54, 1.807) is 72.8 Å². The van der Waals surface area contributed by atoms with Gasteiger partial charge in [0.2, 0.25) is 0 Å². The van der Waals surface area contributed by atoms with Gasteiger partial charge in [0.15, 0.2) is 0 Å². The van der Waals surface area contributed by atoms with E-state index in [4.69, 9.17) is 21.1 Å². The molecule has 0 aliphatic rings. The van der Waals surface area contributed by atoms with E-state index in [1.807, 2.05) is 18.2 Å². The topological polar surface area (TPSA) is 59.9 Å². The van der Waals surface area contributed by atoms with Crippen molar-refractivity contribution in [2.75, 3.05) is 0 Å². The number of benzene rings is 4. The summed E-state index contributed by atoms with van der Waals surface area (Å²) in [5, 5.41) is 4.63. The number of ether oxygens (including phenoxy) is 2. The number of carbonyl (C=O) groups is 1. The van der Waals surface area contributed by atoms with E-state index in [-0.39, 0.29) is 19.0 Å². The number of rotatable bonds is 9. The number of para-hydroxylation sites is 1. The minimum Gasteiger partial charge on any atom is -0.489 e. The van der Waals surface area contributed by atoms with Gasteiger partial charge in [0.05, 0.1) is 11.8 Å². The first-order chi connectivity index (χ1) is 17.1. The van der Waals surface area contributed by atoms with Crippen molar-refractivity contribution in [3.63, 3.8) is 0 Å². The molecule has 1 N–H and O–H groups in total. The van der Waals surface area contributed by atoms with Crippen LogP contribution in [-0.4, -0.2) is 12.1 Å². The van der Waals surface area contributed by atoms with Crippen molar-refractivity contribution < 1.29 is 18.7 Å². The van der Waals surface area contributed by atoms with Gasteiger partial charge in [-0.25, -0.2) is 9.82 Å². The predicted molar refractivity (Wildman–Crippen MR) is 134 cm³/mol. The summed E-state index contributed by atoms with van der Waals surface area (Å²) < 4.78 is 25.2. The molecule has 176 valence electrons. The minimum atomic E-state index is -0.402. The fourth-order valence-electron chi connectivity index (χ4n) is 3.20. The van der Waals surface area contributed by atoms with E-state index >= 15 is 0 Å². The second kappa shape index (κ2) is 11.8. The van der Waals surface area contributed by atoms with Crippen molar-refractivity contribution in [1.29, 1.82) is 0 Å². The van der Waals surface area contributed by atoms with E-state index in [9.17, 15) is 9.18 Å². The molecule has 35 heavy (non-hydrogen) atoms. The summed E-state index contributed by atoms with van der Waals surface area (Å²) >= 11 is 6.18. The molecule has 7 heteroatoms. The first-order valence-corrected chi connectivity index (χ1v) is 11.2. The van der Waals surface area contributed by atoms with E-state index in [0.29, 0.717) is 27.6 Å². The Hall–Kier alpha value is -4.16. The number of hydrogen-bond donors (Lipinski definition) is 1. The summed E-state index contributed by atoms with van der Waals surface area (Å²) in [6.07, 6.45) is 1.52. The second-order valence-electron chi connectivity index (χ2n) is 7.52. The van der Waals surface area contributed by atoms with Gasteiger partial charge in [-0.2, -0.15) is 5.10 Å². The van der Waals surface area contributed by atoms with E-state index in [0.717, 1.165) is 11.1 Å². The molecule has 0 bridgehead atoms. The maximum absolute atomic E-state index is 13.7. The van der Waals surface area contributed by atoms with Gasteiger partial charge < -0.3 is 9.47 Å². The van der Waals surface area contributed by atoms with Gasteiger partial charge in [-0.3, -0.25) is 4.79 Å². The molecule has 1 amide bonds.